The minimum Gasteiger partial charge on any atom is -0.378 e. The molecule has 2 aromatic heterocycles. The molecule has 1 aromatic carbocycles. The molecular weight excluding hydrogens is 334 g/mol. The quantitative estimate of drug-likeness (QED) is 0.693. The molecule has 0 N–H and O–H groups in total. The van der Waals surface area contributed by atoms with E-state index in [-0.39, 0.29) is 18.1 Å². The number of amides is 1. The van der Waals surface area contributed by atoms with E-state index >= 15 is 0 Å². The molecule has 1 saturated heterocycles. The predicted octanol–water partition coefficient (Wildman–Crippen LogP) is 0.725. The number of rotatable bonds is 3. The van der Waals surface area contributed by atoms with E-state index in [0.717, 1.165) is 11.3 Å². The fourth-order valence-electron chi connectivity index (χ4n) is 3.10. The number of nitrogens with zero attached hydrogens (tertiary/aromatic N) is 5. The summed E-state index contributed by atoms with van der Waals surface area (Å²) in [6.45, 7) is 3.81. The van der Waals surface area contributed by atoms with Crippen LogP contribution in [0, 0.1) is 6.92 Å². The van der Waals surface area contributed by atoms with Gasteiger partial charge in [0, 0.05) is 24.7 Å². The van der Waals surface area contributed by atoms with Crippen molar-refractivity contribution in [3.63, 3.8) is 0 Å². The Labute approximate surface area is 149 Å². The Bertz CT molecular complexity index is 1000. The zero-order valence-corrected chi connectivity index (χ0v) is 14.5. The first kappa shape index (κ1) is 16.5. The Morgan fingerprint density at radius 3 is 2.65 bits per heavy atom. The maximum atomic E-state index is 12.6. The maximum Gasteiger partial charge on any atom is 0.352 e. The standard InChI is InChI=1S/C18H19N5O3/c1-13-19-15(14-5-3-2-4-6-14)11-16-20-22(18(25)23(13)16)12-17(24)21-7-9-26-10-8-21/h2-6,11H,7-10,12H2,1H3. The molecule has 8 nitrogen and oxygen atoms in total. The third kappa shape index (κ3) is 2.99. The summed E-state index contributed by atoms with van der Waals surface area (Å²) in [4.78, 5) is 31.3. The number of hydrogen-bond acceptors (Lipinski definition) is 5. The highest BCUT2D eigenvalue weighted by Gasteiger charge is 2.20. The molecule has 1 aliphatic rings. The number of morpholine rings is 1. The highest BCUT2D eigenvalue weighted by Crippen LogP contribution is 2.18. The Morgan fingerprint density at radius 2 is 1.92 bits per heavy atom. The molecule has 0 saturated carbocycles. The van der Waals surface area contributed by atoms with Gasteiger partial charge in [0.25, 0.3) is 0 Å². The fraction of sp³-hybridized carbons (Fsp3) is 0.333. The van der Waals surface area contributed by atoms with Crippen molar-refractivity contribution in [1.29, 1.82) is 0 Å². The maximum absolute atomic E-state index is 12.6. The molecule has 8 heteroatoms. The molecule has 134 valence electrons. The van der Waals surface area contributed by atoms with Crippen molar-refractivity contribution >= 4 is 11.6 Å². The lowest BCUT2D eigenvalue weighted by Crippen LogP contribution is -2.43. The van der Waals surface area contributed by atoms with E-state index in [1.807, 2.05) is 30.3 Å². The van der Waals surface area contributed by atoms with Gasteiger partial charge in [-0.2, -0.15) is 0 Å². The first-order chi connectivity index (χ1) is 12.6. The highest BCUT2D eigenvalue weighted by atomic mass is 16.5. The topological polar surface area (TPSA) is 81.7 Å². The summed E-state index contributed by atoms with van der Waals surface area (Å²) in [5, 5.41) is 4.34. The van der Waals surface area contributed by atoms with E-state index < -0.39 is 0 Å². The number of carbonyl (C=O) groups excluding carboxylic acids is 1. The number of benzene rings is 1. The van der Waals surface area contributed by atoms with Gasteiger partial charge in [-0.25, -0.2) is 18.9 Å². The van der Waals surface area contributed by atoms with Gasteiger partial charge < -0.3 is 9.64 Å². The summed E-state index contributed by atoms with van der Waals surface area (Å²) in [7, 11) is 0. The van der Waals surface area contributed by atoms with Crippen molar-refractivity contribution in [2.24, 2.45) is 0 Å². The van der Waals surface area contributed by atoms with Gasteiger partial charge in [0.2, 0.25) is 5.91 Å². The van der Waals surface area contributed by atoms with Gasteiger partial charge in [0.1, 0.15) is 12.4 Å². The summed E-state index contributed by atoms with van der Waals surface area (Å²) in [6, 6.07) is 11.5. The zero-order chi connectivity index (χ0) is 18.1. The second-order valence-corrected chi connectivity index (χ2v) is 6.18. The average molecular weight is 353 g/mol. The van der Waals surface area contributed by atoms with Crippen molar-refractivity contribution in [2.75, 3.05) is 26.3 Å². The van der Waals surface area contributed by atoms with E-state index in [1.54, 1.807) is 17.9 Å². The van der Waals surface area contributed by atoms with Crippen LogP contribution in [0.25, 0.3) is 16.9 Å². The van der Waals surface area contributed by atoms with Crippen molar-refractivity contribution in [3.8, 4) is 11.3 Å². The molecule has 3 aromatic rings. The molecule has 0 radical (unpaired) electrons. The van der Waals surface area contributed by atoms with Crippen LogP contribution in [0.5, 0.6) is 0 Å². The molecule has 0 atom stereocenters. The van der Waals surface area contributed by atoms with Crippen LogP contribution in [-0.2, 0) is 16.1 Å². The van der Waals surface area contributed by atoms with Crippen molar-refractivity contribution in [3.05, 3.63) is 52.7 Å². The minimum absolute atomic E-state index is 0.0827. The SMILES string of the molecule is Cc1nc(-c2ccccc2)cc2nn(CC(=O)N3CCOCC3)c(=O)n12. The Kier molecular flexibility index (Phi) is 4.26. The lowest BCUT2D eigenvalue weighted by atomic mass is 10.1. The van der Waals surface area contributed by atoms with Crippen LogP contribution in [0.1, 0.15) is 5.82 Å². The fourth-order valence-corrected chi connectivity index (χ4v) is 3.10. The number of aromatic nitrogens is 4. The lowest BCUT2D eigenvalue weighted by Gasteiger charge is -2.26. The predicted molar refractivity (Wildman–Crippen MR) is 94.8 cm³/mol. The molecule has 0 aliphatic carbocycles. The highest BCUT2D eigenvalue weighted by molar-refractivity contribution is 5.76. The van der Waals surface area contributed by atoms with Crippen LogP contribution in [-0.4, -0.2) is 56.3 Å². The third-order valence-electron chi connectivity index (χ3n) is 4.45. The number of hydrogen-bond donors (Lipinski definition) is 0. The minimum atomic E-state index is -0.355. The third-order valence-corrected chi connectivity index (χ3v) is 4.45. The molecular formula is C18H19N5O3. The smallest absolute Gasteiger partial charge is 0.352 e. The van der Waals surface area contributed by atoms with Gasteiger partial charge in [-0.3, -0.25) is 4.79 Å². The Morgan fingerprint density at radius 1 is 1.19 bits per heavy atom. The normalized spacial score (nSPS) is 14.7. The molecule has 3 heterocycles. The van der Waals surface area contributed by atoms with E-state index in [2.05, 4.69) is 10.1 Å². The molecule has 0 bridgehead atoms. The molecule has 1 fully saturated rings. The first-order valence-electron chi connectivity index (χ1n) is 8.51. The number of fused-ring (bicyclic) bond motifs is 1. The zero-order valence-electron chi connectivity index (χ0n) is 14.5. The van der Waals surface area contributed by atoms with Crippen molar-refractivity contribution in [1.82, 2.24) is 24.1 Å². The molecule has 1 aliphatic heterocycles. The summed E-state index contributed by atoms with van der Waals surface area (Å²) in [5.41, 5.74) is 1.82. The lowest BCUT2D eigenvalue weighted by molar-refractivity contribution is -0.136. The van der Waals surface area contributed by atoms with Crippen molar-refractivity contribution < 1.29 is 9.53 Å². The van der Waals surface area contributed by atoms with Gasteiger partial charge in [-0.15, -0.1) is 5.10 Å². The molecule has 0 unspecified atom stereocenters. The number of aryl methyl sites for hydroxylation is 1. The number of ether oxygens (including phenoxy) is 1. The summed E-state index contributed by atoms with van der Waals surface area (Å²) < 4.78 is 7.89. The van der Waals surface area contributed by atoms with E-state index in [4.69, 9.17) is 4.74 Å². The van der Waals surface area contributed by atoms with Gasteiger partial charge >= 0.3 is 5.69 Å². The van der Waals surface area contributed by atoms with E-state index in [9.17, 15) is 9.59 Å². The second kappa shape index (κ2) is 6.72. The van der Waals surface area contributed by atoms with Crippen LogP contribution < -0.4 is 5.69 Å². The van der Waals surface area contributed by atoms with E-state index in [0.29, 0.717) is 37.8 Å². The van der Waals surface area contributed by atoms with Crippen LogP contribution in [0.3, 0.4) is 0 Å². The average Bonchev–Trinajstić information content (AvgIpc) is 2.99. The van der Waals surface area contributed by atoms with Crippen LogP contribution in [0.15, 0.2) is 41.2 Å². The van der Waals surface area contributed by atoms with Gasteiger partial charge in [0.15, 0.2) is 5.65 Å². The van der Waals surface area contributed by atoms with Gasteiger partial charge in [0.05, 0.1) is 18.9 Å². The summed E-state index contributed by atoms with van der Waals surface area (Å²) >= 11 is 0. The summed E-state index contributed by atoms with van der Waals surface area (Å²) in [5.74, 6) is 0.407. The van der Waals surface area contributed by atoms with Crippen molar-refractivity contribution in [2.45, 2.75) is 13.5 Å². The number of carbonyl (C=O) groups is 1. The van der Waals surface area contributed by atoms with Crippen LogP contribution in [0.4, 0.5) is 0 Å². The Hall–Kier alpha value is -3.00. The van der Waals surface area contributed by atoms with Gasteiger partial charge in [-0.05, 0) is 6.92 Å². The largest absolute Gasteiger partial charge is 0.378 e. The summed E-state index contributed by atoms with van der Waals surface area (Å²) in [6.07, 6.45) is 0. The monoisotopic (exact) mass is 353 g/mol. The molecule has 26 heavy (non-hydrogen) atoms. The molecule has 1 amide bonds. The molecule has 0 spiro atoms. The van der Waals surface area contributed by atoms with Gasteiger partial charge in [-0.1, -0.05) is 30.3 Å². The molecule has 4 rings (SSSR count). The second-order valence-electron chi connectivity index (χ2n) is 6.18. The van der Waals surface area contributed by atoms with E-state index in [1.165, 1.54) is 9.08 Å². The first-order valence-corrected chi connectivity index (χ1v) is 8.51. The Balaban J connectivity index is 1.69. The van der Waals surface area contributed by atoms with Crippen LogP contribution >= 0.6 is 0 Å². The van der Waals surface area contributed by atoms with Crippen LogP contribution in [0.2, 0.25) is 0 Å².